The molecule has 1 N–H and O–H groups in total. The zero-order valence-electron chi connectivity index (χ0n) is 11.2. The molecule has 0 unspecified atom stereocenters. The van der Waals surface area contributed by atoms with E-state index in [0.717, 1.165) is 11.2 Å². The lowest BCUT2D eigenvalue weighted by Crippen LogP contribution is -2.06. The summed E-state index contributed by atoms with van der Waals surface area (Å²) in [4.78, 5) is 14.7. The molecule has 0 aliphatic rings. The van der Waals surface area contributed by atoms with Crippen LogP contribution < -0.4 is 5.32 Å². The van der Waals surface area contributed by atoms with Crippen molar-refractivity contribution in [3.8, 4) is 0 Å². The summed E-state index contributed by atoms with van der Waals surface area (Å²) >= 11 is 0. The summed E-state index contributed by atoms with van der Waals surface area (Å²) in [5, 5.41) is 22.4. The van der Waals surface area contributed by atoms with Gasteiger partial charge in [0.05, 0.1) is 17.0 Å². The van der Waals surface area contributed by atoms with Crippen LogP contribution in [0.25, 0.3) is 10.9 Å². The number of aromatic nitrogens is 4. The molecule has 3 rings (SSSR count). The predicted molar refractivity (Wildman–Crippen MR) is 76.7 cm³/mol. The summed E-state index contributed by atoms with van der Waals surface area (Å²) < 4.78 is 1.82. The van der Waals surface area contributed by atoms with Crippen LogP contribution in [-0.2, 0) is 13.6 Å². The van der Waals surface area contributed by atoms with Gasteiger partial charge in [-0.3, -0.25) is 10.1 Å². The standard InChI is InChI=1S/C13H12N6O2/c1-18-8-15-17-13(18)7-14-12-5-2-9-6-10(19(20)21)3-4-11(9)16-12/h2-6,8H,7H2,1H3,(H,14,16). The van der Waals surface area contributed by atoms with E-state index in [9.17, 15) is 10.1 Å². The fraction of sp³-hybridized carbons (Fsp3) is 0.154. The number of pyridine rings is 1. The Labute approximate surface area is 119 Å². The highest BCUT2D eigenvalue weighted by atomic mass is 16.6. The second kappa shape index (κ2) is 5.16. The number of nitrogens with one attached hydrogen (secondary N) is 1. The van der Waals surface area contributed by atoms with E-state index in [1.165, 1.54) is 12.1 Å². The molecular formula is C13H12N6O2. The van der Waals surface area contributed by atoms with Gasteiger partial charge in [0.25, 0.3) is 5.69 Å². The molecule has 106 valence electrons. The number of rotatable bonds is 4. The Balaban J connectivity index is 1.82. The fourth-order valence-corrected chi connectivity index (χ4v) is 1.96. The van der Waals surface area contributed by atoms with Crippen LogP contribution in [0.4, 0.5) is 11.5 Å². The number of benzene rings is 1. The highest BCUT2D eigenvalue weighted by molar-refractivity contribution is 5.82. The molecule has 21 heavy (non-hydrogen) atoms. The van der Waals surface area contributed by atoms with E-state index < -0.39 is 4.92 Å². The number of nitrogens with zero attached hydrogens (tertiary/aromatic N) is 5. The van der Waals surface area contributed by atoms with Crippen molar-refractivity contribution in [1.82, 2.24) is 19.7 Å². The molecule has 3 aromatic rings. The summed E-state index contributed by atoms with van der Waals surface area (Å²) in [7, 11) is 1.87. The van der Waals surface area contributed by atoms with Gasteiger partial charge >= 0.3 is 0 Å². The Kier molecular flexibility index (Phi) is 3.19. The van der Waals surface area contributed by atoms with Gasteiger partial charge < -0.3 is 9.88 Å². The highest BCUT2D eigenvalue weighted by Gasteiger charge is 2.07. The molecule has 2 aromatic heterocycles. The second-order valence-electron chi connectivity index (χ2n) is 4.54. The Morgan fingerprint density at radius 1 is 1.33 bits per heavy atom. The van der Waals surface area contributed by atoms with Crippen LogP contribution in [-0.4, -0.2) is 24.7 Å². The van der Waals surface area contributed by atoms with Crippen LogP contribution >= 0.6 is 0 Å². The maximum absolute atomic E-state index is 10.7. The molecule has 0 aliphatic heterocycles. The molecule has 0 spiro atoms. The molecule has 0 atom stereocenters. The van der Waals surface area contributed by atoms with Crippen LogP contribution in [0.2, 0.25) is 0 Å². The highest BCUT2D eigenvalue weighted by Crippen LogP contribution is 2.21. The second-order valence-corrected chi connectivity index (χ2v) is 4.54. The van der Waals surface area contributed by atoms with Gasteiger partial charge in [0.1, 0.15) is 12.1 Å². The third-order valence-corrected chi connectivity index (χ3v) is 3.12. The van der Waals surface area contributed by atoms with Crippen molar-refractivity contribution in [1.29, 1.82) is 0 Å². The number of non-ortho nitro benzene ring substituents is 1. The lowest BCUT2D eigenvalue weighted by Gasteiger charge is -2.06. The van der Waals surface area contributed by atoms with Crippen LogP contribution in [0.1, 0.15) is 5.82 Å². The Morgan fingerprint density at radius 3 is 2.90 bits per heavy atom. The normalized spacial score (nSPS) is 10.7. The van der Waals surface area contributed by atoms with E-state index in [2.05, 4.69) is 20.5 Å². The first-order valence-corrected chi connectivity index (χ1v) is 6.25. The fourth-order valence-electron chi connectivity index (χ4n) is 1.96. The van der Waals surface area contributed by atoms with Crippen molar-refractivity contribution in [2.75, 3.05) is 5.32 Å². The van der Waals surface area contributed by atoms with E-state index in [-0.39, 0.29) is 5.69 Å². The third-order valence-electron chi connectivity index (χ3n) is 3.12. The zero-order valence-corrected chi connectivity index (χ0v) is 11.2. The average Bonchev–Trinajstić information content (AvgIpc) is 2.89. The van der Waals surface area contributed by atoms with E-state index in [1.807, 2.05) is 11.6 Å². The topological polar surface area (TPSA) is 98.8 Å². The van der Waals surface area contributed by atoms with Crippen LogP contribution in [0.3, 0.4) is 0 Å². The lowest BCUT2D eigenvalue weighted by molar-refractivity contribution is -0.384. The number of hydrogen-bond acceptors (Lipinski definition) is 6. The van der Waals surface area contributed by atoms with Gasteiger partial charge in [0.15, 0.2) is 5.82 Å². The molecule has 8 heteroatoms. The van der Waals surface area contributed by atoms with E-state index in [0.29, 0.717) is 17.9 Å². The summed E-state index contributed by atoms with van der Waals surface area (Å²) in [5.41, 5.74) is 0.757. The van der Waals surface area contributed by atoms with Gasteiger partial charge in [-0.15, -0.1) is 10.2 Å². The van der Waals surface area contributed by atoms with Gasteiger partial charge in [-0.1, -0.05) is 0 Å². The molecular weight excluding hydrogens is 272 g/mol. The minimum Gasteiger partial charge on any atom is -0.363 e. The number of nitro groups is 1. The lowest BCUT2D eigenvalue weighted by atomic mass is 10.2. The maximum Gasteiger partial charge on any atom is 0.270 e. The number of hydrogen-bond donors (Lipinski definition) is 1. The summed E-state index contributed by atoms with van der Waals surface area (Å²) in [6.45, 7) is 0.502. The Morgan fingerprint density at radius 2 is 2.19 bits per heavy atom. The van der Waals surface area contributed by atoms with Gasteiger partial charge in [-0.2, -0.15) is 0 Å². The number of aryl methyl sites for hydroxylation is 1. The average molecular weight is 284 g/mol. The van der Waals surface area contributed by atoms with Crippen molar-refractivity contribution in [2.45, 2.75) is 6.54 Å². The summed E-state index contributed by atoms with van der Waals surface area (Å²) in [6.07, 6.45) is 1.63. The van der Waals surface area contributed by atoms with Crippen molar-refractivity contribution in [3.05, 3.63) is 52.6 Å². The Hall–Kier alpha value is -3.03. The van der Waals surface area contributed by atoms with E-state index in [1.54, 1.807) is 24.5 Å². The van der Waals surface area contributed by atoms with E-state index >= 15 is 0 Å². The van der Waals surface area contributed by atoms with Crippen LogP contribution in [0, 0.1) is 10.1 Å². The van der Waals surface area contributed by atoms with Crippen LogP contribution in [0.5, 0.6) is 0 Å². The van der Waals surface area contributed by atoms with Gasteiger partial charge in [0.2, 0.25) is 0 Å². The minimum atomic E-state index is -0.417. The molecule has 0 aliphatic carbocycles. The van der Waals surface area contributed by atoms with Crippen molar-refractivity contribution < 1.29 is 4.92 Å². The zero-order chi connectivity index (χ0) is 14.8. The molecule has 0 saturated heterocycles. The largest absolute Gasteiger partial charge is 0.363 e. The smallest absolute Gasteiger partial charge is 0.270 e. The first-order valence-electron chi connectivity index (χ1n) is 6.25. The number of anilines is 1. The van der Waals surface area contributed by atoms with Gasteiger partial charge in [-0.05, 0) is 18.2 Å². The molecule has 0 saturated carbocycles. The molecule has 0 amide bonds. The monoisotopic (exact) mass is 284 g/mol. The molecule has 8 nitrogen and oxygen atoms in total. The molecule has 1 aromatic carbocycles. The Bertz CT molecular complexity index is 813. The van der Waals surface area contributed by atoms with Gasteiger partial charge in [0, 0.05) is 24.6 Å². The predicted octanol–water partition coefficient (Wildman–Crippen LogP) is 1.88. The van der Waals surface area contributed by atoms with Crippen molar-refractivity contribution in [3.63, 3.8) is 0 Å². The van der Waals surface area contributed by atoms with Crippen LogP contribution in [0.15, 0.2) is 36.7 Å². The van der Waals surface area contributed by atoms with Crippen molar-refractivity contribution in [2.24, 2.45) is 7.05 Å². The molecule has 0 radical (unpaired) electrons. The number of fused-ring (bicyclic) bond motifs is 1. The van der Waals surface area contributed by atoms with Crippen molar-refractivity contribution >= 4 is 22.4 Å². The SMILES string of the molecule is Cn1cnnc1CNc1ccc2cc([N+](=O)[O-])ccc2n1. The maximum atomic E-state index is 10.7. The first-order chi connectivity index (χ1) is 10.1. The van der Waals surface area contributed by atoms with Gasteiger partial charge in [-0.25, -0.2) is 4.98 Å². The molecule has 2 heterocycles. The third kappa shape index (κ3) is 2.64. The minimum absolute atomic E-state index is 0.0593. The summed E-state index contributed by atoms with van der Waals surface area (Å²) in [6, 6.07) is 8.17. The summed E-state index contributed by atoms with van der Waals surface area (Å²) in [5.74, 6) is 1.47. The number of nitro benzene ring substituents is 1. The first kappa shape index (κ1) is 13.0. The van der Waals surface area contributed by atoms with E-state index in [4.69, 9.17) is 0 Å². The molecule has 0 fully saturated rings. The molecule has 0 bridgehead atoms. The quantitative estimate of drug-likeness (QED) is 0.580.